The van der Waals surface area contributed by atoms with Crippen LogP contribution in [0.15, 0.2) is 30.6 Å². The van der Waals surface area contributed by atoms with E-state index in [-0.39, 0.29) is 5.91 Å². The van der Waals surface area contributed by atoms with Crippen LogP contribution >= 0.6 is 0 Å². The highest BCUT2D eigenvalue weighted by Crippen LogP contribution is 2.34. The van der Waals surface area contributed by atoms with Gasteiger partial charge in [0.1, 0.15) is 5.75 Å². The predicted molar refractivity (Wildman–Crippen MR) is 96.5 cm³/mol. The predicted octanol–water partition coefficient (Wildman–Crippen LogP) is 2.42. The van der Waals surface area contributed by atoms with Crippen molar-refractivity contribution in [3.05, 3.63) is 30.6 Å². The van der Waals surface area contributed by atoms with Gasteiger partial charge in [-0.3, -0.25) is 9.48 Å². The average Bonchev–Trinajstić information content (AvgIpc) is 3.04. The molecular formula is C19H24N4O2. The molecule has 25 heavy (non-hydrogen) atoms. The summed E-state index contributed by atoms with van der Waals surface area (Å²) in [6.45, 7) is 2.65. The number of hydrogen-bond donors (Lipinski definition) is 2. The summed E-state index contributed by atoms with van der Waals surface area (Å²) in [5.74, 6) is 1.76. The molecule has 2 N–H and O–H groups in total. The van der Waals surface area contributed by atoms with E-state index in [1.807, 2.05) is 37.6 Å². The molecule has 6 heteroatoms. The Hall–Kier alpha value is -2.34. The molecule has 2 aliphatic heterocycles. The van der Waals surface area contributed by atoms with Crippen LogP contribution in [0.2, 0.25) is 0 Å². The van der Waals surface area contributed by atoms with E-state index < -0.39 is 0 Å². The molecule has 1 fully saturated rings. The Kier molecular flexibility index (Phi) is 4.44. The maximum atomic E-state index is 12.5. The Labute approximate surface area is 147 Å². The summed E-state index contributed by atoms with van der Waals surface area (Å²) >= 11 is 0. The van der Waals surface area contributed by atoms with E-state index in [0.717, 1.165) is 48.5 Å². The number of aryl methyl sites for hydroxylation is 1. The molecule has 0 saturated carbocycles. The number of nitrogens with zero attached hydrogens (tertiary/aromatic N) is 2. The molecule has 2 aromatic rings. The fraction of sp³-hybridized carbons (Fsp3) is 0.474. The molecule has 4 rings (SSSR count). The van der Waals surface area contributed by atoms with Crippen molar-refractivity contribution in [2.24, 2.45) is 18.9 Å². The molecule has 2 aliphatic rings. The van der Waals surface area contributed by atoms with Gasteiger partial charge in [-0.25, -0.2) is 0 Å². The van der Waals surface area contributed by atoms with Crippen molar-refractivity contribution in [2.45, 2.75) is 19.3 Å². The Bertz CT molecular complexity index is 771. The molecule has 1 saturated heterocycles. The first kappa shape index (κ1) is 16.1. The summed E-state index contributed by atoms with van der Waals surface area (Å²) in [4.78, 5) is 12.5. The van der Waals surface area contributed by atoms with Crippen LogP contribution in [0.1, 0.15) is 19.3 Å². The smallest absolute Gasteiger partial charge is 0.224 e. The molecule has 0 radical (unpaired) electrons. The van der Waals surface area contributed by atoms with Crippen molar-refractivity contribution < 1.29 is 9.53 Å². The van der Waals surface area contributed by atoms with E-state index in [1.54, 1.807) is 4.68 Å². The summed E-state index contributed by atoms with van der Waals surface area (Å²) in [5, 5.41) is 10.7. The highest BCUT2D eigenvalue weighted by atomic mass is 16.5. The second-order valence-corrected chi connectivity index (χ2v) is 7.02. The van der Waals surface area contributed by atoms with E-state index in [0.29, 0.717) is 24.9 Å². The number of nitrogens with one attached hydrogen (secondary N) is 2. The van der Waals surface area contributed by atoms with Crippen LogP contribution in [-0.4, -0.2) is 35.4 Å². The zero-order chi connectivity index (χ0) is 17.2. The van der Waals surface area contributed by atoms with E-state index >= 15 is 0 Å². The fourth-order valence-corrected chi connectivity index (χ4v) is 3.84. The first-order valence-electron chi connectivity index (χ1n) is 8.95. The van der Waals surface area contributed by atoms with Gasteiger partial charge in [0, 0.05) is 25.2 Å². The largest absolute Gasteiger partial charge is 0.491 e. The number of carbonyl (C=O) groups excluding carboxylic acids is 1. The molecule has 0 bridgehead atoms. The lowest BCUT2D eigenvalue weighted by molar-refractivity contribution is -0.117. The summed E-state index contributed by atoms with van der Waals surface area (Å²) in [6, 6.07) is 5.92. The third kappa shape index (κ3) is 3.54. The van der Waals surface area contributed by atoms with E-state index in [1.165, 1.54) is 0 Å². The Morgan fingerprint density at radius 3 is 3.00 bits per heavy atom. The van der Waals surface area contributed by atoms with Crippen molar-refractivity contribution in [2.75, 3.05) is 25.0 Å². The molecule has 0 unspecified atom stereocenters. The Morgan fingerprint density at radius 1 is 1.24 bits per heavy atom. The lowest BCUT2D eigenvalue weighted by atomic mass is 9.82. The van der Waals surface area contributed by atoms with Crippen LogP contribution in [0.4, 0.5) is 5.69 Å². The van der Waals surface area contributed by atoms with Gasteiger partial charge in [-0.05, 0) is 55.5 Å². The molecule has 3 heterocycles. The van der Waals surface area contributed by atoms with Crippen molar-refractivity contribution in [1.29, 1.82) is 0 Å². The topological polar surface area (TPSA) is 68.2 Å². The number of hydrogen-bond acceptors (Lipinski definition) is 4. The molecule has 0 spiro atoms. The van der Waals surface area contributed by atoms with Gasteiger partial charge in [-0.1, -0.05) is 6.07 Å². The number of fused-ring (bicyclic) bond motifs is 2. The summed E-state index contributed by atoms with van der Waals surface area (Å²) in [5.41, 5.74) is 2.83. The fourth-order valence-electron chi connectivity index (χ4n) is 3.84. The summed E-state index contributed by atoms with van der Waals surface area (Å²) in [7, 11) is 1.90. The first-order valence-corrected chi connectivity index (χ1v) is 8.95. The second-order valence-electron chi connectivity index (χ2n) is 7.02. The summed E-state index contributed by atoms with van der Waals surface area (Å²) < 4.78 is 7.84. The Morgan fingerprint density at radius 2 is 2.16 bits per heavy atom. The van der Waals surface area contributed by atoms with E-state index in [9.17, 15) is 4.79 Å². The monoisotopic (exact) mass is 340 g/mol. The first-order chi connectivity index (χ1) is 12.2. The molecule has 6 nitrogen and oxygen atoms in total. The zero-order valence-electron chi connectivity index (χ0n) is 14.5. The standard InChI is InChI=1S/C19H24N4O2/c1-23-12-16(11-21-23)13-2-3-17-18(8-13)25-7-5-15-10-20-6-4-14(15)9-19(24)22-17/h2-3,8,11-12,14-15,20H,4-7,9-10H2,1H3,(H,22,24)/t14-,15-/m0/s1. The minimum atomic E-state index is 0.0813. The molecule has 132 valence electrons. The average molecular weight is 340 g/mol. The van der Waals surface area contributed by atoms with Crippen LogP contribution in [0, 0.1) is 11.8 Å². The number of benzene rings is 1. The molecule has 2 atom stereocenters. The van der Waals surface area contributed by atoms with Gasteiger partial charge in [0.25, 0.3) is 0 Å². The van der Waals surface area contributed by atoms with Crippen LogP contribution < -0.4 is 15.4 Å². The van der Waals surface area contributed by atoms with Crippen LogP contribution in [0.5, 0.6) is 5.75 Å². The number of amides is 1. The number of aromatic nitrogens is 2. The number of anilines is 1. The third-order valence-electron chi connectivity index (χ3n) is 5.25. The number of piperidine rings is 1. The quantitative estimate of drug-likeness (QED) is 0.837. The van der Waals surface area contributed by atoms with Crippen molar-refractivity contribution >= 4 is 11.6 Å². The molecule has 0 aliphatic carbocycles. The lowest BCUT2D eigenvalue weighted by Gasteiger charge is -2.32. The van der Waals surface area contributed by atoms with Crippen molar-refractivity contribution in [3.63, 3.8) is 0 Å². The summed E-state index contributed by atoms with van der Waals surface area (Å²) in [6.07, 6.45) is 6.43. The SMILES string of the molecule is Cn1cc(-c2ccc3c(c2)OCC[C@H]2CNCC[C@H]2CC(=O)N3)cn1. The minimum absolute atomic E-state index is 0.0813. The van der Waals surface area contributed by atoms with Gasteiger partial charge in [0.15, 0.2) is 0 Å². The highest BCUT2D eigenvalue weighted by molar-refractivity contribution is 5.93. The Balaban J connectivity index is 1.60. The van der Waals surface area contributed by atoms with Crippen LogP contribution in [0.25, 0.3) is 11.1 Å². The van der Waals surface area contributed by atoms with Gasteiger partial charge < -0.3 is 15.4 Å². The lowest BCUT2D eigenvalue weighted by Crippen LogP contribution is -2.39. The van der Waals surface area contributed by atoms with Gasteiger partial charge in [-0.2, -0.15) is 5.10 Å². The van der Waals surface area contributed by atoms with Crippen LogP contribution in [0.3, 0.4) is 0 Å². The van der Waals surface area contributed by atoms with Crippen molar-refractivity contribution in [1.82, 2.24) is 15.1 Å². The maximum Gasteiger partial charge on any atom is 0.224 e. The number of carbonyl (C=O) groups is 1. The van der Waals surface area contributed by atoms with E-state index in [2.05, 4.69) is 15.7 Å². The number of ether oxygens (including phenoxy) is 1. The number of rotatable bonds is 1. The molecular weight excluding hydrogens is 316 g/mol. The highest BCUT2D eigenvalue weighted by Gasteiger charge is 2.28. The molecule has 1 aromatic heterocycles. The van der Waals surface area contributed by atoms with Crippen molar-refractivity contribution in [3.8, 4) is 16.9 Å². The molecule has 1 aromatic carbocycles. The van der Waals surface area contributed by atoms with Gasteiger partial charge >= 0.3 is 0 Å². The minimum Gasteiger partial charge on any atom is -0.491 e. The third-order valence-corrected chi connectivity index (χ3v) is 5.25. The van der Waals surface area contributed by atoms with Gasteiger partial charge in [0.2, 0.25) is 5.91 Å². The zero-order valence-corrected chi connectivity index (χ0v) is 14.5. The normalized spacial score (nSPS) is 23.8. The maximum absolute atomic E-state index is 12.5. The second kappa shape index (κ2) is 6.88. The molecule has 1 amide bonds. The van der Waals surface area contributed by atoms with E-state index in [4.69, 9.17) is 4.74 Å². The van der Waals surface area contributed by atoms with Gasteiger partial charge in [0.05, 0.1) is 18.5 Å². The van der Waals surface area contributed by atoms with Gasteiger partial charge in [-0.15, -0.1) is 0 Å². The van der Waals surface area contributed by atoms with Crippen LogP contribution in [-0.2, 0) is 11.8 Å².